The largest absolute Gasteiger partial charge is 0.417 e. The molecule has 0 saturated carbocycles. The van der Waals surface area contributed by atoms with Crippen LogP contribution in [0.5, 0.6) is 0 Å². The zero-order valence-corrected chi connectivity index (χ0v) is 17.7. The van der Waals surface area contributed by atoms with E-state index >= 15 is 0 Å². The molecule has 32 heavy (non-hydrogen) atoms. The summed E-state index contributed by atoms with van der Waals surface area (Å²) >= 11 is 0. The Hall–Kier alpha value is -3.67. The van der Waals surface area contributed by atoms with Crippen LogP contribution in [0.3, 0.4) is 0 Å². The number of anilines is 3. The Bertz CT molecular complexity index is 1260. The summed E-state index contributed by atoms with van der Waals surface area (Å²) in [5.41, 5.74) is 5.28. The lowest BCUT2D eigenvalue weighted by Crippen LogP contribution is -2.25. The van der Waals surface area contributed by atoms with Gasteiger partial charge in [-0.1, -0.05) is 18.2 Å². The summed E-state index contributed by atoms with van der Waals surface area (Å²) in [5.74, 6) is -0.539. The van der Waals surface area contributed by atoms with Gasteiger partial charge >= 0.3 is 6.18 Å². The van der Waals surface area contributed by atoms with Gasteiger partial charge in [-0.2, -0.15) is 13.2 Å². The number of nitrogens with one attached hydrogen (secondary N) is 1. The Balaban J connectivity index is 2.07. The molecule has 0 fully saturated rings. The first-order valence-corrected chi connectivity index (χ1v) is 10.9. The van der Waals surface area contributed by atoms with E-state index in [1.807, 2.05) is 0 Å². The molecule has 0 spiro atoms. The van der Waals surface area contributed by atoms with Crippen LogP contribution in [-0.2, 0) is 16.2 Å². The molecule has 0 radical (unpaired) electrons. The molecule has 3 aromatic rings. The van der Waals surface area contributed by atoms with Crippen LogP contribution in [0.2, 0.25) is 0 Å². The molecule has 0 unspecified atom stereocenters. The van der Waals surface area contributed by atoms with E-state index in [0.29, 0.717) is 11.8 Å². The molecule has 1 aromatic carbocycles. The highest BCUT2D eigenvalue weighted by molar-refractivity contribution is 7.92. The monoisotopic (exact) mass is 465 g/mol. The number of hydrogen-bond donors (Lipinski definition) is 2. The molecule has 0 bridgehead atoms. The maximum atomic E-state index is 12.7. The van der Waals surface area contributed by atoms with Gasteiger partial charge in [0.15, 0.2) is 0 Å². The van der Waals surface area contributed by atoms with E-state index < -0.39 is 27.7 Å². The van der Waals surface area contributed by atoms with E-state index in [1.165, 1.54) is 19.2 Å². The molecule has 1 amide bonds. The topological polar surface area (TPSA) is 118 Å². The normalized spacial score (nSPS) is 11.8. The lowest BCUT2D eigenvalue weighted by Gasteiger charge is -2.21. The Kier molecular flexibility index (Phi) is 6.08. The zero-order valence-electron chi connectivity index (χ0n) is 16.9. The number of primary amides is 1. The highest BCUT2D eigenvalue weighted by Gasteiger charge is 2.30. The fourth-order valence-corrected chi connectivity index (χ4v) is 3.34. The lowest BCUT2D eigenvalue weighted by molar-refractivity contribution is -0.137. The Morgan fingerprint density at radius 2 is 1.72 bits per heavy atom. The summed E-state index contributed by atoms with van der Waals surface area (Å²) in [5, 5.41) is 2.76. The van der Waals surface area contributed by atoms with Crippen molar-refractivity contribution in [2.75, 3.05) is 22.9 Å². The molecule has 2 aromatic heterocycles. The summed E-state index contributed by atoms with van der Waals surface area (Å²) in [6.45, 7) is 0. The zero-order chi connectivity index (χ0) is 23.7. The van der Waals surface area contributed by atoms with Gasteiger partial charge in [0.1, 0.15) is 11.6 Å². The van der Waals surface area contributed by atoms with Crippen molar-refractivity contribution in [3.05, 3.63) is 65.9 Å². The van der Waals surface area contributed by atoms with Gasteiger partial charge in [0.25, 0.3) is 5.91 Å². The van der Waals surface area contributed by atoms with E-state index in [1.54, 1.807) is 24.3 Å². The summed E-state index contributed by atoms with van der Waals surface area (Å²) in [6, 6.07) is 11.2. The van der Waals surface area contributed by atoms with Crippen LogP contribution in [0.25, 0.3) is 11.3 Å². The van der Waals surface area contributed by atoms with Crippen LogP contribution < -0.4 is 15.4 Å². The molecule has 0 aliphatic carbocycles. The standard InChI is InChI=1S/C20H18F3N5O3S/c1-28(32(2,30)31)15-6-4-3-5-13(15)18-14(19(24)29)8-10-17(27-18)26-16-9-7-12(11-25-16)20(21,22)23/h3-11H,1-2H3,(H2,24,29)(H,25,26,27). The van der Waals surface area contributed by atoms with Crippen LogP contribution in [0.15, 0.2) is 54.7 Å². The predicted octanol–water partition coefficient (Wildman–Crippen LogP) is 3.40. The van der Waals surface area contributed by atoms with Crippen LogP contribution in [0.1, 0.15) is 15.9 Å². The molecule has 0 aliphatic rings. The second-order valence-electron chi connectivity index (χ2n) is 6.76. The van der Waals surface area contributed by atoms with Crippen LogP contribution in [0, 0.1) is 0 Å². The third kappa shape index (κ3) is 4.97. The molecule has 12 heteroatoms. The summed E-state index contributed by atoms with van der Waals surface area (Å²) < 4.78 is 63.3. The number of halogens is 3. The van der Waals surface area contributed by atoms with Crippen molar-refractivity contribution in [1.82, 2.24) is 9.97 Å². The number of pyridine rings is 2. The second-order valence-corrected chi connectivity index (χ2v) is 8.77. The molecule has 8 nitrogen and oxygen atoms in total. The number of rotatable bonds is 6. The van der Waals surface area contributed by atoms with Crippen molar-refractivity contribution in [3.63, 3.8) is 0 Å². The fourth-order valence-electron chi connectivity index (χ4n) is 2.83. The molecule has 3 N–H and O–H groups in total. The average molecular weight is 465 g/mol. The lowest BCUT2D eigenvalue weighted by atomic mass is 10.0. The van der Waals surface area contributed by atoms with Gasteiger partial charge in [0.2, 0.25) is 10.0 Å². The van der Waals surface area contributed by atoms with Crippen molar-refractivity contribution in [3.8, 4) is 11.3 Å². The summed E-state index contributed by atoms with van der Waals surface area (Å²) in [6.07, 6.45) is -2.81. The van der Waals surface area contributed by atoms with Gasteiger partial charge in [0, 0.05) is 18.8 Å². The number of hydrogen-bond acceptors (Lipinski definition) is 6. The Labute approximate surface area is 182 Å². The molecule has 0 atom stereocenters. The third-order valence-electron chi connectivity index (χ3n) is 4.50. The number of carbonyl (C=O) groups excluding carboxylic acids is 1. The number of nitrogens with two attached hydrogens (primary N) is 1. The Morgan fingerprint density at radius 1 is 1.06 bits per heavy atom. The minimum Gasteiger partial charge on any atom is -0.366 e. The molecular formula is C20H18F3N5O3S. The van der Waals surface area contributed by atoms with Crippen LogP contribution in [0.4, 0.5) is 30.5 Å². The smallest absolute Gasteiger partial charge is 0.366 e. The number of amides is 1. The first kappa shape index (κ1) is 23.0. The van der Waals surface area contributed by atoms with Crippen LogP contribution >= 0.6 is 0 Å². The molecule has 0 aliphatic heterocycles. The number of alkyl halides is 3. The quantitative estimate of drug-likeness (QED) is 0.576. The minimum absolute atomic E-state index is 0.0327. The number of carbonyl (C=O) groups is 1. The maximum absolute atomic E-state index is 12.7. The maximum Gasteiger partial charge on any atom is 0.417 e. The van der Waals surface area contributed by atoms with Crippen molar-refractivity contribution in [1.29, 1.82) is 0 Å². The first-order chi connectivity index (χ1) is 14.9. The third-order valence-corrected chi connectivity index (χ3v) is 5.70. The Morgan fingerprint density at radius 3 is 2.28 bits per heavy atom. The van der Waals surface area contributed by atoms with E-state index in [0.717, 1.165) is 22.7 Å². The van der Waals surface area contributed by atoms with Gasteiger partial charge in [0.05, 0.1) is 28.8 Å². The summed E-state index contributed by atoms with van der Waals surface area (Å²) in [7, 11) is -2.27. The number of nitrogens with zero attached hydrogens (tertiary/aromatic N) is 3. The molecule has 0 saturated heterocycles. The minimum atomic E-state index is -4.52. The fraction of sp³-hybridized carbons (Fsp3) is 0.150. The number of aromatic nitrogens is 2. The molecule has 168 valence electrons. The van der Waals surface area contributed by atoms with Crippen molar-refractivity contribution in [2.24, 2.45) is 5.73 Å². The SMILES string of the molecule is CN(c1ccccc1-c1nc(Nc2ccc(C(F)(F)F)cn2)ccc1C(N)=O)S(C)(=O)=O. The highest BCUT2D eigenvalue weighted by atomic mass is 32.2. The number of para-hydroxylation sites is 1. The van der Waals surface area contributed by atoms with Crippen molar-refractivity contribution >= 4 is 33.3 Å². The van der Waals surface area contributed by atoms with Gasteiger partial charge in [-0.25, -0.2) is 18.4 Å². The van der Waals surface area contributed by atoms with Gasteiger partial charge in [-0.15, -0.1) is 0 Å². The van der Waals surface area contributed by atoms with Crippen molar-refractivity contribution in [2.45, 2.75) is 6.18 Å². The molecular weight excluding hydrogens is 447 g/mol. The van der Waals surface area contributed by atoms with E-state index in [4.69, 9.17) is 5.73 Å². The predicted molar refractivity (Wildman–Crippen MR) is 114 cm³/mol. The van der Waals surface area contributed by atoms with Gasteiger partial charge in [-0.3, -0.25) is 9.10 Å². The molecule has 3 rings (SSSR count). The average Bonchev–Trinajstić information content (AvgIpc) is 2.72. The summed E-state index contributed by atoms with van der Waals surface area (Å²) in [4.78, 5) is 20.1. The van der Waals surface area contributed by atoms with Gasteiger partial charge in [-0.05, 0) is 30.3 Å². The number of sulfonamides is 1. The van der Waals surface area contributed by atoms with E-state index in [2.05, 4.69) is 15.3 Å². The number of benzene rings is 1. The van der Waals surface area contributed by atoms with Crippen molar-refractivity contribution < 1.29 is 26.4 Å². The molecule has 2 heterocycles. The first-order valence-electron chi connectivity index (χ1n) is 9.02. The van der Waals surface area contributed by atoms with E-state index in [-0.39, 0.29) is 28.6 Å². The second kappa shape index (κ2) is 8.46. The van der Waals surface area contributed by atoms with Crippen LogP contribution in [-0.4, -0.2) is 37.6 Å². The van der Waals surface area contributed by atoms with Gasteiger partial charge < -0.3 is 11.1 Å². The van der Waals surface area contributed by atoms with E-state index in [9.17, 15) is 26.4 Å². The highest BCUT2D eigenvalue weighted by Crippen LogP contribution is 2.34.